The molecule has 0 spiro atoms. The highest BCUT2D eigenvalue weighted by atomic mass is 16.5. The molecule has 0 bridgehead atoms. The molecule has 2 aromatic rings. The van der Waals surface area contributed by atoms with Crippen LogP contribution in [-0.4, -0.2) is 16.5 Å². The van der Waals surface area contributed by atoms with Crippen molar-refractivity contribution in [3.8, 4) is 11.6 Å². The van der Waals surface area contributed by atoms with Crippen LogP contribution in [0.4, 0.5) is 5.95 Å². The fourth-order valence-corrected chi connectivity index (χ4v) is 1.78. The largest absolute Gasteiger partial charge is 0.439 e. The smallest absolute Gasteiger partial charge is 0.225 e. The molecule has 0 aliphatic rings. The molecule has 0 aliphatic heterocycles. The Morgan fingerprint density at radius 2 is 2.10 bits per heavy atom. The van der Waals surface area contributed by atoms with Crippen LogP contribution in [0.2, 0.25) is 0 Å². The second kappa shape index (κ2) is 6.89. The van der Waals surface area contributed by atoms with E-state index in [9.17, 15) is 0 Å². The SMILES string of the molecule is CCCNc1nccc(Oc2cccc(C(C)C)c2)n1. The average molecular weight is 271 g/mol. The second-order valence-electron chi connectivity index (χ2n) is 4.97. The van der Waals surface area contributed by atoms with E-state index in [-0.39, 0.29) is 0 Å². The van der Waals surface area contributed by atoms with Gasteiger partial charge in [0, 0.05) is 18.8 Å². The highest BCUT2D eigenvalue weighted by molar-refractivity contribution is 5.34. The van der Waals surface area contributed by atoms with Crippen molar-refractivity contribution in [2.45, 2.75) is 33.1 Å². The molecule has 4 heteroatoms. The summed E-state index contributed by atoms with van der Waals surface area (Å²) in [5.74, 6) is 2.44. The molecule has 0 radical (unpaired) electrons. The Balaban J connectivity index is 2.11. The van der Waals surface area contributed by atoms with Crippen LogP contribution in [0.5, 0.6) is 11.6 Å². The van der Waals surface area contributed by atoms with Gasteiger partial charge in [-0.1, -0.05) is 32.9 Å². The molecule has 1 aromatic heterocycles. The Morgan fingerprint density at radius 1 is 1.25 bits per heavy atom. The number of nitrogens with one attached hydrogen (secondary N) is 1. The summed E-state index contributed by atoms with van der Waals surface area (Å²) >= 11 is 0. The summed E-state index contributed by atoms with van der Waals surface area (Å²) in [5, 5.41) is 3.15. The zero-order chi connectivity index (χ0) is 14.4. The van der Waals surface area contributed by atoms with Crippen LogP contribution < -0.4 is 10.1 Å². The summed E-state index contributed by atoms with van der Waals surface area (Å²) in [7, 11) is 0. The number of ether oxygens (including phenoxy) is 1. The van der Waals surface area contributed by atoms with Crippen molar-refractivity contribution >= 4 is 5.95 Å². The van der Waals surface area contributed by atoms with Gasteiger partial charge in [-0.05, 0) is 30.0 Å². The summed E-state index contributed by atoms with van der Waals surface area (Å²) in [4.78, 5) is 8.50. The number of anilines is 1. The molecule has 0 amide bonds. The number of hydrogen-bond donors (Lipinski definition) is 1. The number of benzene rings is 1. The third kappa shape index (κ3) is 3.95. The Bertz CT molecular complexity index is 555. The van der Waals surface area contributed by atoms with Gasteiger partial charge in [-0.2, -0.15) is 4.98 Å². The monoisotopic (exact) mass is 271 g/mol. The van der Waals surface area contributed by atoms with E-state index in [0.29, 0.717) is 17.7 Å². The Morgan fingerprint density at radius 3 is 2.85 bits per heavy atom. The lowest BCUT2D eigenvalue weighted by Crippen LogP contribution is -2.04. The molecule has 0 saturated carbocycles. The van der Waals surface area contributed by atoms with E-state index in [0.717, 1.165) is 18.7 Å². The van der Waals surface area contributed by atoms with Crippen molar-refractivity contribution in [1.29, 1.82) is 0 Å². The van der Waals surface area contributed by atoms with Crippen molar-refractivity contribution in [2.75, 3.05) is 11.9 Å². The van der Waals surface area contributed by atoms with E-state index >= 15 is 0 Å². The molecule has 0 unspecified atom stereocenters. The maximum Gasteiger partial charge on any atom is 0.225 e. The summed E-state index contributed by atoms with van der Waals surface area (Å²) in [6.07, 6.45) is 2.73. The predicted octanol–water partition coefficient (Wildman–Crippen LogP) is 4.21. The molecule has 0 atom stereocenters. The van der Waals surface area contributed by atoms with Gasteiger partial charge < -0.3 is 10.1 Å². The van der Waals surface area contributed by atoms with Crippen LogP contribution in [0.3, 0.4) is 0 Å². The Hall–Kier alpha value is -2.10. The molecule has 2 rings (SSSR count). The minimum Gasteiger partial charge on any atom is -0.439 e. The van der Waals surface area contributed by atoms with Crippen LogP contribution in [0.1, 0.15) is 38.7 Å². The van der Waals surface area contributed by atoms with E-state index in [1.165, 1.54) is 5.56 Å². The van der Waals surface area contributed by atoms with E-state index in [2.05, 4.69) is 42.1 Å². The van der Waals surface area contributed by atoms with Crippen LogP contribution in [0.15, 0.2) is 36.5 Å². The van der Waals surface area contributed by atoms with E-state index in [1.807, 2.05) is 18.2 Å². The molecule has 4 nitrogen and oxygen atoms in total. The van der Waals surface area contributed by atoms with Crippen LogP contribution in [-0.2, 0) is 0 Å². The molecule has 106 valence electrons. The maximum atomic E-state index is 5.80. The van der Waals surface area contributed by atoms with Gasteiger partial charge in [0.25, 0.3) is 0 Å². The minimum absolute atomic E-state index is 0.478. The molecule has 0 fully saturated rings. The first-order valence-corrected chi connectivity index (χ1v) is 7.03. The van der Waals surface area contributed by atoms with Gasteiger partial charge in [-0.3, -0.25) is 0 Å². The lowest BCUT2D eigenvalue weighted by atomic mass is 10.0. The molecule has 20 heavy (non-hydrogen) atoms. The van der Waals surface area contributed by atoms with Gasteiger partial charge in [0.15, 0.2) is 0 Å². The molecule has 1 N–H and O–H groups in total. The summed E-state index contributed by atoms with van der Waals surface area (Å²) in [5.41, 5.74) is 1.25. The maximum absolute atomic E-state index is 5.80. The van der Waals surface area contributed by atoms with Gasteiger partial charge in [0.2, 0.25) is 11.8 Å². The Labute approximate surface area is 120 Å². The molecular weight excluding hydrogens is 250 g/mol. The van der Waals surface area contributed by atoms with Gasteiger partial charge in [0.1, 0.15) is 5.75 Å². The van der Waals surface area contributed by atoms with Crippen molar-refractivity contribution in [1.82, 2.24) is 9.97 Å². The minimum atomic E-state index is 0.478. The first-order chi connectivity index (χ1) is 9.69. The molecule has 1 aromatic carbocycles. The van der Waals surface area contributed by atoms with Crippen molar-refractivity contribution in [2.24, 2.45) is 0 Å². The average Bonchev–Trinajstić information content (AvgIpc) is 2.46. The molecular formula is C16H21N3O. The first-order valence-electron chi connectivity index (χ1n) is 7.03. The van der Waals surface area contributed by atoms with Gasteiger partial charge in [0.05, 0.1) is 0 Å². The zero-order valence-electron chi connectivity index (χ0n) is 12.3. The van der Waals surface area contributed by atoms with Crippen molar-refractivity contribution in [3.05, 3.63) is 42.1 Å². The first kappa shape index (κ1) is 14.3. The summed E-state index contributed by atoms with van der Waals surface area (Å²) < 4.78 is 5.80. The quantitative estimate of drug-likeness (QED) is 0.854. The number of rotatable bonds is 6. The number of nitrogens with zero attached hydrogens (tertiary/aromatic N) is 2. The van der Waals surface area contributed by atoms with Gasteiger partial charge >= 0.3 is 0 Å². The fourth-order valence-electron chi connectivity index (χ4n) is 1.78. The third-order valence-electron chi connectivity index (χ3n) is 2.91. The lowest BCUT2D eigenvalue weighted by molar-refractivity contribution is 0.461. The zero-order valence-corrected chi connectivity index (χ0v) is 12.3. The molecule has 0 saturated heterocycles. The van der Waals surface area contributed by atoms with Gasteiger partial charge in [-0.25, -0.2) is 4.98 Å². The Kier molecular flexibility index (Phi) is 4.93. The topological polar surface area (TPSA) is 47.0 Å². The fraction of sp³-hybridized carbons (Fsp3) is 0.375. The van der Waals surface area contributed by atoms with Crippen LogP contribution in [0, 0.1) is 0 Å². The molecule has 1 heterocycles. The summed E-state index contributed by atoms with van der Waals surface area (Å²) in [6.45, 7) is 7.28. The predicted molar refractivity (Wildman–Crippen MR) is 81.4 cm³/mol. The number of aromatic nitrogens is 2. The summed E-state index contributed by atoms with van der Waals surface area (Å²) in [6, 6.07) is 9.85. The van der Waals surface area contributed by atoms with Crippen molar-refractivity contribution in [3.63, 3.8) is 0 Å². The van der Waals surface area contributed by atoms with E-state index < -0.39 is 0 Å². The lowest BCUT2D eigenvalue weighted by Gasteiger charge is -2.10. The number of hydrogen-bond acceptors (Lipinski definition) is 4. The third-order valence-corrected chi connectivity index (χ3v) is 2.91. The van der Waals surface area contributed by atoms with Crippen molar-refractivity contribution < 1.29 is 4.74 Å². The highest BCUT2D eigenvalue weighted by Gasteiger charge is 2.04. The van der Waals surface area contributed by atoms with E-state index in [4.69, 9.17) is 4.74 Å². The molecule has 0 aliphatic carbocycles. The second-order valence-corrected chi connectivity index (χ2v) is 4.97. The standard InChI is InChI=1S/C16H21N3O/c1-4-9-17-16-18-10-8-15(19-16)20-14-7-5-6-13(11-14)12(2)3/h5-8,10-12H,4,9H2,1-3H3,(H,17,18,19). The van der Waals surface area contributed by atoms with Crippen LogP contribution in [0.25, 0.3) is 0 Å². The van der Waals surface area contributed by atoms with Gasteiger partial charge in [-0.15, -0.1) is 0 Å². The van der Waals surface area contributed by atoms with E-state index in [1.54, 1.807) is 12.3 Å². The highest BCUT2D eigenvalue weighted by Crippen LogP contribution is 2.24. The van der Waals surface area contributed by atoms with Crippen LogP contribution >= 0.6 is 0 Å². The normalized spacial score (nSPS) is 10.6.